The zero-order valence-electron chi connectivity index (χ0n) is 7.63. The van der Waals surface area contributed by atoms with Crippen LogP contribution in [0, 0.1) is 0 Å². The summed E-state index contributed by atoms with van der Waals surface area (Å²) in [7, 11) is 0. The third kappa shape index (κ3) is 1.39. The highest BCUT2D eigenvalue weighted by Gasteiger charge is 2.54. The number of alkyl halides is 3. The van der Waals surface area contributed by atoms with Gasteiger partial charge in [0.1, 0.15) is 0 Å². The lowest BCUT2D eigenvalue weighted by molar-refractivity contribution is -0.251. The van der Waals surface area contributed by atoms with E-state index < -0.39 is 18.3 Å². The summed E-state index contributed by atoms with van der Waals surface area (Å²) in [5.74, 6) is 0. The summed E-state index contributed by atoms with van der Waals surface area (Å²) in [5.41, 5.74) is 0. The second-order valence-electron chi connectivity index (χ2n) is 3.72. The molecule has 3 rings (SSSR count). The van der Waals surface area contributed by atoms with Gasteiger partial charge >= 0.3 is 6.18 Å². The second-order valence-corrected chi connectivity index (χ2v) is 3.72. The Labute approximate surface area is 80.3 Å². The minimum absolute atomic E-state index is 0.149. The number of hydrogen-bond donors (Lipinski definition) is 0. The first-order chi connectivity index (χ1) is 6.54. The molecule has 3 atom stereocenters. The SMILES string of the molecule is C=CN1C2CCC(OC2)C1C(F)(F)F. The largest absolute Gasteiger partial charge is 0.411 e. The molecule has 5 heteroatoms. The molecule has 2 nitrogen and oxygen atoms in total. The number of ether oxygens (including phenoxy) is 1. The Morgan fingerprint density at radius 2 is 2.07 bits per heavy atom. The maximum atomic E-state index is 12.7. The third-order valence-electron chi connectivity index (χ3n) is 2.93. The van der Waals surface area contributed by atoms with Crippen LogP contribution in [0.2, 0.25) is 0 Å². The van der Waals surface area contributed by atoms with Crippen molar-refractivity contribution >= 4 is 0 Å². The highest BCUT2D eigenvalue weighted by molar-refractivity contribution is 5.01. The molecule has 80 valence electrons. The van der Waals surface area contributed by atoms with Crippen LogP contribution in [0.3, 0.4) is 0 Å². The molecule has 0 aromatic carbocycles. The maximum Gasteiger partial charge on any atom is 0.411 e. The molecule has 2 bridgehead atoms. The fourth-order valence-electron chi connectivity index (χ4n) is 2.30. The lowest BCUT2D eigenvalue weighted by Gasteiger charge is -2.50. The van der Waals surface area contributed by atoms with Crippen molar-refractivity contribution in [1.82, 2.24) is 4.90 Å². The molecule has 0 amide bonds. The molecule has 0 radical (unpaired) electrons. The van der Waals surface area contributed by atoms with Crippen LogP contribution in [0.5, 0.6) is 0 Å². The molecule has 0 aromatic heterocycles. The monoisotopic (exact) mass is 207 g/mol. The Balaban J connectivity index is 2.25. The van der Waals surface area contributed by atoms with Crippen molar-refractivity contribution in [3.8, 4) is 0 Å². The van der Waals surface area contributed by atoms with Gasteiger partial charge in [0.25, 0.3) is 0 Å². The summed E-state index contributed by atoms with van der Waals surface area (Å²) in [6, 6.07) is -1.64. The highest BCUT2D eigenvalue weighted by Crippen LogP contribution is 2.39. The zero-order chi connectivity index (χ0) is 10.3. The van der Waals surface area contributed by atoms with Crippen LogP contribution in [0.25, 0.3) is 0 Å². The molecule has 0 saturated carbocycles. The predicted molar refractivity (Wildman–Crippen MR) is 44.6 cm³/mol. The van der Waals surface area contributed by atoms with Gasteiger partial charge in [-0.15, -0.1) is 0 Å². The van der Waals surface area contributed by atoms with E-state index in [0.29, 0.717) is 13.0 Å². The van der Waals surface area contributed by atoms with Crippen LogP contribution in [-0.2, 0) is 4.74 Å². The average Bonchev–Trinajstić information content (AvgIpc) is 2.16. The smallest absolute Gasteiger partial charge is 0.374 e. The number of rotatable bonds is 1. The summed E-state index contributed by atoms with van der Waals surface area (Å²) in [6.45, 7) is 3.83. The summed E-state index contributed by atoms with van der Waals surface area (Å²) >= 11 is 0. The number of piperidine rings is 1. The summed E-state index contributed by atoms with van der Waals surface area (Å²) in [6.07, 6.45) is -2.38. The Hall–Kier alpha value is -0.710. The van der Waals surface area contributed by atoms with E-state index in [4.69, 9.17) is 4.74 Å². The van der Waals surface area contributed by atoms with E-state index in [9.17, 15) is 13.2 Å². The van der Waals surface area contributed by atoms with E-state index in [0.717, 1.165) is 6.42 Å². The van der Waals surface area contributed by atoms with Gasteiger partial charge in [-0.05, 0) is 19.0 Å². The van der Waals surface area contributed by atoms with Crippen molar-refractivity contribution in [2.24, 2.45) is 0 Å². The van der Waals surface area contributed by atoms with Gasteiger partial charge in [-0.25, -0.2) is 0 Å². The van der Waals surface area contributed by atoms with Gasteiger partial charge in [0.2, 0.25) is 0 Å². The van der Waals surface area contributed by atoms with Crippen LogP contribution in [0.1, 0.15) is 12.8 Å². The van der Waals surface area contributed by atoms with E-state index in [1.807, 2.05) is 0 Å². The van der Waals surface area contributed by atoms with Crippen molar-refractivity contribution < 1.29 is 17.9 Å². The first-order valence-corrected chi connectivity index (χ1v) is 4.62. The molecule has 3 fully saturated rings. The standard InChI is InChI=1S/C9H12F3NO/c1-2-13-6-3-4-7(14-5-6)8(13)9(10,11)12/h2,6-8H,1,3-5H2. The normalized spacial score (nSPS) is 37.4. The molecule has 0 spiro atoms. The third-order valence-corrected chi connectivity index (χ3v) is 2.93. The Morgan fingerprint density at radius 1 is 1.36 bits per heavy atom. The minimum Gasteiger partial charge on any atom is -0.374 e. The van der Waals surface area contributed by atoms with E-state index in [-0.39, 0.29) is 6.04 Å². The van der Waals surface area contributed by atoms with Gasteiger partial charge in [-0.3, -0.25) is 0 Å². The highest BCUT2D eigenvalue weighted by atomic mass is 19.4. The molecule has 0 aromatic rings. The lowest BCUT2D eigenvalue weighted by atomic mass is 9.90. The van der Waals surface area contributed by atoms with E-state index in [1.54, 1.807) is 0 Å². The molecule has 3 unspecified atom stereocenters. The minimum atomic E-state index is -4.22. The van der Waals surface area contributed by atoms with Crippen molar-refractivity contribution in [3.05, 3.63) is 12.8 Å². The second kappa shape index (κ2) is 3.15. The van der Waals surface area contributed by atoms with Gasteiger partial charge in [-0.1, -0.05) is 6.58 Å². The number of morpholine rings is 1. The van der Waals surface area contributed by atoms with Crippen LogP contribution in [0.4, 0.5) is 13.2 Å². The van der Waals surface area contributed by atoms with Gasteiger partial charge in [0.15, 0.2) is 6.04 Å². The predicted octanol–water partition coefficient (Wildman–Crippen LogP) is 1.92. The first kappa shape index (κ1) is 9.83. The zero-order valence-corrected chi connectivity index (χ0v) is 7.63. The van der Waals surface area contributed by atoms with Crippen LogP contribution in [-0.4, -0.2) is 35.9 Å². The van der Waals surface area contributed by atoms with E-state index >= 15 is 0 Å². The first-order valence-electron chi connectivity index (χ1n) is 4.62. The average molecular weight is 207 g/mol. The summed E-state index contributed by atoms with van der Waals surface area (Å²) in [4.78, 5) is 1.30. The number of fused-ring (bicyclic) bond motifs is 3. The van der Waals surface area contributed by atoms with Gasteiger partial charge in [-0.2, -0.15) is 13.2 Å². The Bertz CT molecular complexity index is 233. The molecular weight excluding hydrogens is 195 g/mol. The van der Waals surface area contributed by atoms with Gasteiger partial charge in [0, 0.05) is 0 Å². The molecule has 3 heterocycles. The molecule has 14 heavy (non-hydrogen) atoms. The quantitative estimate of drug-likeness (QED) is 0.651. The summed E-state index contributed by atoms with van der Waals surface area (Å²) < 4.78 is 43.1. The number of nitrogens with zero attached hydrogens (tertiary/aromatic N) is 1. The molecule has 3 aliphatic heterocycles. The van der Waals surface area contributed by atoms with Crippen LogP contribution < -0.4 is 0 Å². The Morgan fingerprint density at radius 3 is 2.43 bits per heavy atom. The molecule has 0 aliphatic carbocycles. The fraction of sp³-hybridized carbons (Fsp3) is 0.778. The van der Waals surface area contributed by atoms with E-state index in [2.05, 4.69) is 6.58 Å². The Kier molecular flexibility index (Phi) is 2.21. The lowest BCUT2D eigenvalue weighted by Crippen LogP contribution is -2.63. The maximum absolute atomic E-state index is 12.7. The number of halogens is 3. The van der Waals surface area contributed by atoms with E-state index in [1.165, 1.54) is 11.1 Å². The summed E-state index contributed by atoms with van der Waals surface area (Å²) in [5, 5.41) is 0. The van der Waals surface area contributed by atoms with Crippen molar-refractivity contribution in [3.63, 3.8) is 0 Å². The molecule has 0 N–H and O–H groups in total. The van der Waals surface area contributed by atoms with Crippen molar-refractivity contribution in [2.45, 2.75) is 37.2 Å². The topological polar surface area (TPSA) is 12.5 Å². The molecule has 3 aliphatic rings. The fourth-order valence-corrected chi connectivity index (χ4v) is 2.30. The number of hydrogen-bond acceptors (Lipinski definition) is 2. The van der Waals surface area contributed by atoms with Crippen molar-refractivity contribution in [2.75, 3.05) is 6.61 Å². The van der Waals surface area contributed by atoms with Crippen LogP contribution >= 0.6 is 0 Å². The molecular formula is C9H12F3NO. The van der Waals surface area contributed by atoms with Crippen LogP contribution in [0.15, 0.2) is 12.8 Å². The van der Waals surface area contributed by atoms with Crippen molar-refractivity contribution in [1.29, 1.82) is 0 Å². The van der Waals surface area contributed by atoms with Gasteiger partial charge in [0.05, 0.1) is 18.8 Å². The molecule has 3 saturated heterocycles. The van der Waals surface area contributed by atoms with Gasteiger partial charge < -0.3 is 9.64 Å².